The minimum atomic E-state index is -2.61. The predicted octanol–water partition coefficient (Wildman–Crippen LogP) is 2.81. The summed E-state index contributed by atoms with van der Waals surface area (Å²) >= 11 is 3.16. The van der Waals surface area contributed by atoms with E-state index in [4.69, 9.17) is 0 Å². The van der Waals surface area contributed by atoms with E-state index in [1.165, 1.54) is 12.1 Å². The molecule has 7 heteroatoms. The largest absolute Gasteiger partial charge is 0.287 e. The molecule has 0 N–H and O–H groups in total. The van der Waals surface area contributed by atoms with Crippen LogP contribution in [0.5, 0.6) is 0 Å². The number of likely N-dealkylation sites (tertiary alicyclic amines) is 1. The topological polar surface area (TPSA) is 46.4 Å². The first-order chi connectivity index (χ1) is 7.85. The van der Waals surface area contributed by atoms with Crippen molar-refractivity contribution >= 4 is 21.6 Å². The lowest BCUT2D eigenvalue weighted by molar-refractivity contribution is -0.385. The predicted molar refractivity (Wildman–Crippen MR) is 61.0 cm³/mol. The van der Waals surface area contributed by atoms with E-state index in [0.717, 1.165) is 0 Å². The van der Waals surface area contributed by atoms with Crippen LogP contribution in [-0.2, 0) is 6.54 Å². The molecule has 2 rings (SSSR count). The Balaban J connectivity index is 2.09. The minimum Gasteiger partial charge on any atom is -0.287 e. The highest BCUT2D eigenvalue weighted by Crippen LogP contribution is 2.29. The van der Waals surface area contributed by atoms with E-state index in [2.05, 4.69) is 15.9 Å². The van der Waals surface area contributed by atoms with Gasteiger partial charge in [-0.1, -0.05) is 15.9 Å². The smallest absolute Gasteiger partial charge is 0.272 e. The van der Waals surface area contributed by atoms with E-state index in [-0.39, 0.29) is 18.8 Å². The van der Waals surface area contributed by atoms with E-state index in [9.17, 15) is 18.9 Å². The van der Waals surface area contributed by atoms with Crippen LogP contribution in [0.15, 0.2) is 22.7 Å². The second-order valence-corrected chi connectivity index (χ2v) is 4.99. The lowest BCUT2D eigenvalue weighted by atomic mass is 10.1. The fourth-order valence-corrected chi connectivity index (χ4v) is 2.34. The lowest BCUT2D eigenvalue weighted by Crippen LogP contribution is -2.55. The van der Waals surface area contributed by atoms with Crippen molar-refractivity contribution in [3.05, 3.63) is 38.3 Å². The number of halogens is 3. The molecule has 1 heterocycles. The molecule has 92 valence electrons. The van der Waals surface area contributed by atoms with Crippen molar-refractivity contribution in [3.63, 3.8) is 0 Å². The van der Waals surface area contributed by atoms with Gasteiger partial charge in [0.1, 0.15) is 0 Å². The molecule has 0 unspecified atom stereocenters. The zero-order valence-electron chi connectivity index (χ0n) is 8.70. The number of hydrogen-bond donors (Lipinski definition) is 0. The van der Waals surface area contributed by atoms with Gasteiger partial charge in [0, 0.05) is 23.2 Å². The highest BCUT2D eigenvalue weighted by molar-refractivity contribution is 9.10. The number of nitro groups is 1. The number of hydrogen-bond acceptors (Lipinski definition) is 3. The van der Waals surface area contributed by atoms with Crippen molar-refractivity contribution in [2.75, 3.05) is 13.1 Å². The van der Waals surface area contributed by atoms with Crippen molar-refractivity contribution < 1.29 is 13.7 Å². The maximum absolute atomic E-state index is 12.6. The molecular formula is C10H9BrF2N2O2. The van der Waals surface area contributed by atoms with Crippen LogP contribution in [0.1, 0.15) is 5.56 Å². The number of nitrogens with zero attached hydrogens (tertiary/aromatic N) is 2. The maximum Gasteiger partial charge on any atom is 0.272 e. The van der Waals surface area contributed by atoms with Crippen LogP contribution in [0, 0.1) is 10.1 Å². The standard InChI is InChI=1S/C10H9BrF2N2O2/c11-8-1-7(2-9(3-8)15(16)17)4-14-5-10(12,13)6-14/h1-3H,4-6H2. The Labute approximate surface area is 104 Å². The summed E-state index contributed by atoms with van der Waals surface area (Å²) in [4.78, 5) is 11.7. The molecule has 0 amide bonds. The van der Waals surface area contributed by atoms with Crippen molar-refractivity contribution in [2.24, 2.45) is 0 Å². The van der Waals surface area contributed by atoms with E-state index >= 15 is 0 Å². The fraction of sp³-hybridized carbons (Fsp3) is 0.400. The Kier molecular flexibility index (Phi) is 3.13. The molecule has 0 saturated carbocycles. The highest BCUT2D eigenvalue weighted by atomic mass is 79.9. The number of nitro benzene ring substituents is 1. The quantitative estimate of drug-likeness (QED) is 0.637. The lowest BCUT2D eigenvalue weighted by Gasteiger charge is -2.38. The van der Waals surface area contributed by atoms with Gasteiger partial charge in [-0.05, 0) is 11.6 Å². The van der Waals surface area contributed by atoms with Crippen molar-refractivity contribution in [2.45, 2.75) is 12.5 Å². The van der Waals surface area contributed by atoms with Gasteiger partial charge in [0.05, 0.1) is 18.0 Å². The normalized spacial score (nSPS) is 18.8. The number of rotatable bonds is 3. The Morgan fingerprint density at radius 3 is 2.59 bits per heavy atom. The third kappa shape index (κ3) is 2.98. The minimum absolute atomic E-state index is 0.0401. The van der Waals surface area contributed by atoms with Crippen molar-refractivity contribution in [1.82, 2.24) is 4.90 Å². The van der Waals surface area contributed by atoms with Gasteiger partial charge in [-0.15, -0.1) is 0 Å². The molecule has 4 nitrogen and oxygen atoms in total. The fourth-order valence-electron chi connectivity index (χ4n) is 1.81. The second kappa shape index (κ2) is 4.30. The molecule has 0 atom stereocenters. The second-order valence-electron chi connectivity index (χ2n) is 4.08. The average Bonchev–Trinajstić information content (AvgIpc) is 2.13. The average molecular weight is 307 g/mol. The molecule has 1 aliphatic heterocycles. The zero-order chi connectivity index (χ0) is 12.6. The van der Waals surface area contributed by atoms with E-state index < -0.39 is 10.8 Å². The summed E-state index contributed by atoms with van der Waals surface area (Å²) in [6.45, 7) is -0.267. The highest BCUT2D eigenvalue weighted by Gasteiger charge is 2.43. The number of non-ortho nitro benzene ring substituents is 1. The third-order valence-electron chi connectivity index (χ3n) is 2.47. The molecule has 0 aromatic heterocycles. The maximum atomic E-state index is 12.6. The first-order valence-corrected chi connectivity index (χ1v) is 5.69. The van der Waals surface area contributed by atoms with Crippen molar-refractivity contribution in [1.29, 1.82) is 0 Å². The van der Waals surface area contributed by atoms with Gasteiger partial charge in [0.15, 0.2) is 0 Å². The van der Waals surface area contributed by atoms with Crippen LogP contribution in [0.3, 0.4) is 0 Å². The number of alkyl halides is 2. The van der Waals surface area contributed by atoms with Crippen LogP contribution in [0.4, 0.5) is 14.5 Å². The summed E-state index contributed by atoms with van der Waals surface area (Å²) in [7, 11) is 0. The van der Waals surface area contributed by atoms with Gasteiger partial charge < -0.3 is 0 Å². The van der Waals surface area contributed by atoms with Gasteiger partial charge in [-0.25, -0.2) is 8.78 Å². The summed E-state index contributed by atoms with van der Waals surface area (Å²) < 4.78 is 25.8. The van der Waals surface area contributed by atoms with Gasteiger partial charge >= 0.3 is 0 Å². The Hall–Kier alpha value is -1.08. The van der Waals surface area contributed by atoms with Gasteiger partial charge in [0.2, 0.25) is 0 Å². The molecule has 0 spiro atoms. The molecular weight excluding hydrogens is 298 g/mol. The Bertz CT molecular complexity index is 460. The summed E-state index contributed by atoms with van der Waals surface area (Å²) in [6, 6.07) is 4.49. The molecule has 0 bridgehead atoms. The molecule has 1 aromatic carbocycles. The summed E-state index contributed by atoms with van der Waals surface area (Å²) in [5, 5.41) is 10.6. The van der Waals surface area contributed by atoms with Crippen LogP contribution < -0.4 is 0 Å². The monoisotopic (exact) mass is 306 g/mol. The van der Waals surface area contributed by atoms with Crippen LogP contribution >= 0.6 is 15.9 Å². The Morgan fingerprint density at radius 2 is 2.06 bits per heavy atom. The molecule has 1 fully saturated rings. The molecule has 0 aliphatic carbocycles. The molecule has 1 aliphatic rings. The van der Waals surface area contributed by atoms with E-state index in [0.29, 0.717) is 16.6 Å². The SMILES string of the molecule is O=[N+]([O-])c1cc(Br)cc(CN2CC(F)(F)C2)c1. The van der Waals surface area contributed by atoms with Gasteiger partial charge in [-0.2, -0.15) is 0 Å². The number of benzene rings is 1. The summed E-state index contributed by atoms with van der Waals surface area (Å²) in [5.41, 5.74) is 0.614. The van der Waals surface area contributed by atoms with Gasteiger partial charge in [-0.3, -0.25) is 15.0 Å². The molecule has 1 saturated heterocycles. The van der Waals surface area contributed by atoms with Crippen LogP contribution in [-0.4, -0.2) is 28.8 Å². The van der Waals surface area contributed by atoms with Crippen LogP contribution in [0.2, 0.25) is 0 Å². The molecule has 0 radical (unpaired) electrons. The first-order valence-electron chi connectivity index (χ1n) is 4.90. The summed E-state index contributed by atoms with van der Waals surface area (Å²) in [5.74, 6) is -2.61. The molecule has 17 heavy (non-hydrogen) atoms. The van der Waals surface area contributed by atoms with E-state index in [1.54, 1.807) is 11.0 Å². The third-order valence-corrected chi connectivity index (χ3v) is 2.93. The first kappa shape index (κ1) is 12.4. The van der Waals surface area contributed by atoms with Crippen LogP contribution in [0.25, 0.3) is 0 Å². The van der Waals surface area contributed by atoms with Crippen molar-refractivity contribution in [3.8, 4) is 0 Å². The molecule has 1 aromatic rings. The summed E-state index contributed by atoms with van der Waals surface area (Å²) in [6.07, 6.45) is 0. The zero-order valence-corrected chi connectivity index (χ0v) is 10.3. The Morgan fingerprint density at radius 1 is 1.41 bits per heavy atom. The van der Waals surface area contributed by atoms with Gasteiger partial charge in [0.25, 0.3) is 11.6 Å². The van der Waals surface area contributed by atoms with E-state index in [1.807, 2.05) is 0 Å².